The summed E-state index contributed by atoms with van der Waals surface area (Å²) < 4.78 is 5.10. The van der Waals surface area contributed by atoms with Crippen LogP contribution in [0, 0.1) is 0 Å². The van der Waals surface area contributed by atoms with Gasteiger partial charge in [-0.15, -0.1) is 0 Å². The number of nitrogens with one attached hydrogen (secondary N) is 2. The summed E-state index contributed by atoms with van der Waals surface area (Å²) in [5, 5.41) is 6.74. The van der Waals surface area contributed by atoms with E-state index in [1.54, 1.807) is 7.11 Å². The minimum absolute atomic E-state index is 0.0535. The predicted octanol–water partition coefficient (Wildman–Crippen LogP) is 2.74. The van der Waals surface area contributed by atoms with Crippen molar-refractivity contribution in [3.63, 3.8) is 0 Å². The van der Waals surface area contributed by atoms with E-state index in [1.165, 1.54) is 0 Å². The molecule has 0 saturated heterocycles. The van der Waals surface area contributed by atoms with Gasteiger partial charge in [0, 0.05) is 25.0 Å². The molecule has 0 aliphatic heterocycles. The van der Waals surface area contributed by atoms with Crippen LogP contribution in [0.2, 0.25) is 5.02 Å². The molecule has 1 aromatic rings. The largest absolute Gasteiger partial charge is 0.495 e. The average molecular weight is 299 g/mol. The van der Waals surface area contributed by atoms with Gasteiger partial charge in [0.25, 0.3) is 0 Å². The fourth-order valence-corrected chi connectivity index (χ4v) is 2.02. The summed E-state index contributed by atoms with van der Waals surface area (Å²) in [4.78, 5) is 11.6. The highest BCUT2D eigenvalue weighted by Crippen LogP contribution is 2.24. The lowest BCUT2D eigenvalue weighted by Crippen LogP contribution is -2.41. The summed E-state index contributed by atoms with van der Waals surface area (Å²) in [7, 11) is 1.59. The van der Waals surface area contributed by atoms with Gasteiger partial charge < -0.3 is 15.4 Å². The molecule has 0 bridgehead atoms. The van der Waals surface area contributed by atoms with E-state index in [-0.39, 0.29) is 11.4 Å². The first-order chi connectivity index (χ1) is 9.31. The highest BCUT2D eigenvalue weighted by atomic mass is 35.5. The molecule has 0 aliphatic carbocycles. The number of methoxy groups -OCH3 is 1. The van der Waals surface area contributed by atoms with E-state index in [0.29, 0.717) is 30.3 Å². The Balaban J connectivity index is 2.31. The van der Waals surface area contributed by atoms with Gasteiger partial charge >= 0.3 is 0 Å². The summed E-state index contributed by atoms with van der Waals surface area (Å²) in [6.45, 7) is 7.21. The van der Waals surface area contributed by atoms with Crippen LogP contribution in [-0.2, 0) is 11.3 Å². The average Bonchev–Trinajstić information content (AvgIpc) is 2.33. The minimum atomic E-state index is -0.180. The van der Waals surface area contributed by atoms with Crippen molar-refractivity contribution in [1.29, 1.82) is 0 Å². The van der Waals surface area contributed by atoms with E-state index < -0.39 is 0 Å². The standard InChI is InChI=1S/C15H23ClN2O2/c1-15(2,3)18-14(19)7-8-17-10-11-5-6-13(20-4)12(16)9-11/h5-6,9,17H,7-8,10H2,1-4H3,(H,18,19). The maximum Gasteiger partial charge on any atom is 0.221 e. The van der Waals surface area contributed by atoms with Crippen LogP contribution in [0.5, 0.6) is 5.75 Å². The van der Waals surface area contributed by atoms with Crippen molar-refractivity contribution in [3.05, 3.63) is 28.8 Å². The number of benzene rings is 1. The Morgan fingerprint density at radius 3 is 2.60 bits per heavy atom. The Labute approximate surface area is 125 Å². The molecule has 1 amide bonds. The molecule has 0 fully saturated rings. The van der Waals surface area contributed by atoms with Gasteiger partial charge in [0.2, 0.25) is 5.91 Å². The van der Waals surface area contributed by atoms with Gasteiger partial charge in [0.1, 0.15) is 5.75 Å². The maximum absolute atomic E-state index is 11.6. The molecule has 0 heterocycles. The molecule has 0 aromatic heterocycles. The summed E-state index contributed by atoms with van der Waals surface area (Å²) >= 11 is 6.05. The van der Waals surface area contributed by atoms with Gasteiger partial charge in [-0.3, -0.25) is 4.79 Å². The quantitative estimate of drug-likeness (QED) is 0.794. The second kappa shape index (κ2) is 7.50. The van der Waals surface area contributed by atoms with Gasteiger partial charge in [0.15, 0.2) is 0 Å². The van der Waals surface area contributed by atoms with Gasteiger partial charge in [-0.25, -0.2) is 0 Å². The molecule has 0 unspecified atom stereocenters. The van der Waals surface area contributed by atoms with Crippen molar-refractivity contribution in [3.8, 4) is 5.75 Å². The molecule has 5 heteroatoms. The lowest BCUT2D eigenvalue weighted by molar-refractivity contribution is -0.122. The zero-order valence-corrected chi connectivity index (χ0v) is 13.3. The smallest absolute Gasteiger partial charge is 0.221 e. The Hall–Kier alpha value is -1.26. The number of hydrogen-bond acceptors (Lipinski definition) is 3. The van der Waals surface area contributed by atoms with E-state index in [4.69, 9.17) is 16.3 Å². The van der Waals surface area contributed by atoms with Crippen molar-refractivity contribution >= 4 is 17.5 Å². The van der Waals surface area contributed by atoms with Crippen LogP contribution < -0.4 is 15.4 Å². The van der Waals surface area contributed by atoms with E-state index in [0.717, 1.165) is 5.56 Å². The normalized spacial score (nSPS) is 11.2. The van der Waals surface area contributed by atoms with E-state index in [2.05, 4.69) is 10.6 Å². The third-order valence-corrected chi connectivity index (χ3v) is 2.88. The van der Waals surface area contributed by atoms with Crippen LogP contribution in [0.4, 0.5) is 0 Å². The maximum atomic E-state index is 11.6. The second-order valence-electron chi connectivity index (χ2n) is 5.69. The minimum Gasteiger partial charge on any atom is -0.495 e. The van der Waals surface area contributed by atoms with Crippen molar-refractivity contribution in [2.45, 2.75) is 39.3 Å². The number of ether oxygens (including phenoxy) is 1. The predicted molar refractivity (Wildman–Crippen MR) is 82.2 cm³/mol. The number of carbonyl (C=O) groups excluding carboxylic acids is 1. The van der Waals surface area contributed by atoms with E-state index in [1.807, 2.05) is 39.0 Å². The van der Waals surface area contributed by atoms with Crippen molar-refractivity contribution < 1.29 is 9.53 Å². The second-order valence-corrected chi connectivity index (χ2v) is 6.10. The van der Waals surface area contributed by atoms with Gasteiger partial charge in [-0.05, 0) is 38.5 Å². The number of hydrogen-bond donors (Lipinski definition) is 2. The molecule has 112 valence electrons. The Kier molecular flexibility index (Phi) is 6.30. The van der Waals surface area contributed by atoms with Gasteiger partial charge in [-0.1, -0.05) is 17.7 Å². The number of halogens is 1. The first-order valence-corrected chi connectivity index (χ1v) is 7.04. The third-order valence-electron chi connectivity index (χ3n) is 2.59. The molecule has 0 saturated carbocycles. The molecular weight excluding hydrogens is 276 g/mol. The Bertz CT molecular complexity index is 456. The van der Waals surface area contributed by atoms with Gasteiger partial charge in [-0.2, -0.15) is 0 Å². The molecule has 4 nitrogen and oxygen atoms in total. The fourth-order valence-electron chi connectivity index (χ4n) is 1.74. The third kappa shape index (κ3) is 6.26. The Morgan fingerprint density at radius 2 is 2.05 bits per heavy atom. The highest BCUT2D eigenvalue weighted by molar-refractivity contribution is 6.32. The highest BCUT2D eigenvalue weighted by Gasteiger charge is 2.12. The topological polar surface area (TPSA) is 50.4 Å². The lowest BCUT2D eigenvalue weighted by atomic mass is 10.1. The number of rotatable bonds is 6. The molecular formula is C15H23ClN2O2. The van der Waals surface area contributed by atoms with E-state index in [9.17, 15) is 4.79 Å². The number of amides is 1. The van der Waals surface area contributed by atoms with E-state index >= 15 is 0 Å². The van der Waals surface area contributed by atoms with Crippen LogP contribution in [0.1, 0.15) is 32.8 Å². The summed E-state index contributed by atoms with van der Waals surface area (Å²) in [5.74, 6) is 0.720. The van der Waals surface area contributed by atoms with Crippen LogP contribution in [0.25, 0.3) is 0 Å². The Morgan fingerprint density at radius 1 is 1.35 bits per heavy atom. The summed E-state index contributed by atoms with van der Waals surface area (Å²) in [6.07, 6.45) is 0.459. The fraction of sp³-hybridized carbons (Fsp3) is 0.533. The first kappa shape index (κ1) is 16.8. The molecule has 0 aliphatic rings. The zero-order chi connectivity index (χ0) is 15.2. The van der Waals surface area contributed by atoms with Crippen molar-refractivity contribution in [2.24, 2.45) is 0 Å². The molecule has 1 rings (SSSR count). The monoisotopic (exact) mass is 298 g/mol. The summed E-state index contributed by atoms with van der Waals surface area (Å²) in [5.41, 5.74) is 0.882. The van der Waals surface area contributed by atoms with Crippen molar-refractivity contribution in [1.82, 2.24) is 10.6 Å². The van der Waals surface area contributed by atoms with Crippen LogP contribution in [0.15, 0.2) is 18.2 Å². The lowest BCUT2D eigenvalue weighted by Gasteiger charge is -2.20. The van der Waals surface area contributed by atoms with Crippen LogP contribution in [-0.4, -0.2) is 25.1 Å². The van der Waals surface area contributed by atoms with Gasteiger partial charge in [0.05, 0.1) is 12.1 Å². The number of carbonyl (C=O) groups is 1. The van der Waals surface area contributed by atoms with Crippen molar-refractivity contribution in [2.75, 3.05) is 13.7 Å². The molecule has 2 N–H and O–H groups in total. The summed E-state index contributed by atoms with van der Waals surface area (Å²) in [6, 6.07) is 5.65. The first-order valence-electron chi connectivity index (χ1n) is 6.66. The molecule has 1 aromatic carbocycles. The molecule has 0 atom stereocenters. The van der Waals surface area contributed by atoms with Crippen LogP contribution in [0.3, 0.4) is 0 Å². The molecule has 20 heavy (non-hydrogen) atoms. The molecule has 0 radical (unpaired) electrons. The zero-order valence-electron chi connectivity index (χ0n) is 12.5. The SMILES string of the molecule is COc1ccc(CNCCC(=O)NC(C)(C)C)cc1Cl. The molecule has 0 spiro atoms. The van der Waals surface area contributed by atoms with Crippen LogP contribution >= 0.6 is 11.6 Å².